The molecule has 0 aliphatic rings. The molecule has 4 amide bonds. The second-order valence-corrected chi connectivity index (χ2v) is 9.23. The molecule has 9 N–H and O–H groups in total. The SMILES string of the molecule is NC(N)=NCCC[C@H](NC(=O)CN(CC[S-])CC[S-])C(=O)NCCC(=O)N[C@@H](CC(=O)O)C(=O)NCC[S-].[O]=[99Tc+3]. The van der Waals surface area contributed by atoms with E-state index in [9.17, 15) is 24.0 Å². The van der Waals surface area contributed by atoms with Gasteiger partial charge in [-0.2, -0.15) is 17.3 Å². The van der Waals surface area contributed by atoms with Gasteiger partial charge in [0.25, 0.3) is 0 Å². The van der Waals surface area contributed by atoms with Gasteiger partial charge in [-0.1, -0.05) is 0 Å². The third-order valence-electron chi connectivity index (χ3n) is 4.86. The monoisotopic (exact) mass is 708 g/mol. The van der Waals surface area contributed by atoms with Crippen LogP contribution in [0.15, 0.2) is 4.99 Å². The minimum atomic E-state index is -1.28. The van der Waals surface area contributed by atoms with E-state index in [-0.39, 0.29) is 50.7 Å². The number of guanidine groups is 1. The van der Waals surface area contributed by atoms with E-state index in [0.717, 1.165) is 18.9 Å². The first-order valence-corrected chi connectivity index (χ1v) is 14.6. The van der Waals surface area contributed by atoms with Crippen LogP contribution < -0.4 is 32.7 Å². The summed E-state index contributed by atoms with van der Waals surface area (Å²) in [6.07, 6.45) is -0.211. The fraction of sp³-hybridized carbons (Fsp3) is 0.714. The topological polar surface area (TPSA) is 238 Å². The number of carbonyl (C=O) groups is 5. The number of rotatable bonds is 21. The van der Waals surface area contributed by atoms with Crippen molar-refractivity contribution < 1.29 is 51.4 Å². The Kier molecular flexibility index (Phi) is 26.2. The summed E-state index contributed by atoms with van der Waals surface area (Å²) in [7, 11) is 0. The van der Waals surface area contributed by atoms with Crippen molar-refractivity contribution in [3.8, 4) is 0 Å². The van der Waals surface area contributed by atoms with Crippen LogP contribution >= 0.6 is 0 Å². The number of hydrogen-bond acceptors (Lipinski definition) is 11. The fourth-order valence-corrected chi connectivity index (χ4v) is 3.73. The van der Waals surface area contributed by atoms with Crippen molar-refractivity contribution in [2.75, 3.05) is 56.5 Å². The Balaban J connectivity index is 0. The second kappa shape index (κ2) is 26.0. The van der Waals surface area contributed by atoms with Crippen molar-refractivity contribution in [1.82, 2.24) is 26.2 Å². The average molecular weight is 709 g/mol. The van der Waals surface area contributed by atoms with Crippen molar-refractivity contribution >= 4 is 73.4 Å². The number of amides is 4. The number of carboxylic acids is 1. The van der Waals surface area contributed by atoms with E-state index in [2.05, 4.69) is 26.3 Å². The zero-order chi connectivity index (χ0) is 30.9. The van der Waals surface area contributed by atoms with Crippen LogP contribution in [0, 0.1) is 0 Å². The Morgan fingerprint density at radius 2 is 1.40 bits per heavy atom. The maximum absolute atomic E-state index is 12.8. The number of hydrogen-bond donors (Lipinski definition) is 7. The summed E-state index contributed by atoms with van der Waals surface area (Å²) in [6, 6.07) is -2.20. The van der Waals surface area contributed by atoms with Crippen LogP contribution in [-0.2, 0) is 84.2 Å². The molecule has 15 nitrogen and oxygen atoms in total. The molecule has 0 aliphatic heterocycles. The number of carboxylic acid groups (broad SMARTS) is 1. The summed E-state index contributed by atoms with van der Waals surface area (Å²) >= 11 is 15.6. The number of nitrogens with two attached hydrogens (primary N) is 2. The summed E-state index contributed by atoms with van der Waals surface area (Å²) in [5, 5.41) is 19.0. The normalized spacial score (nSPS) is 11.7. The maximum atomic E-state index is 12.8. The first-order chi connectivity index (χ1) is 19.0. The Bertz CT molecular complexity index is 819. The molecule has 228 valence electrons. The molecule has 0 fully saturated rings. The van der Waals surface area contributed by atoms with E-state index in [1.807, 2.05) is 0 Å². The molecular weight excluding hydrogens is 671 g/mol. The zero-order valence-corrected chi connectivity index (χ0v) is 26.2. The van der Waals surface area contributed by atoms with Gasteiger partial charge < -0.3 is 75.7 Å². The Morgan fingerprint density at radius 3 is 1.93 bits per heavy atom. The molecule has 2 atom stereocenters. The predicted octanol–water partition coefficient (Wildman–Crippen LogP) is -4.07. The van der Waals surface area contributed by atoms with E-state index in [1.54, 1.807) is 4.90 Å². The zero-order valence-electron chi connectivity index (χ0n) is 21.9. The Labute approximate surface area is 260 Å². The molecule has 0 rings (SSSR count). The number of nitrogens with one attached hydrogen (secondary N) is 4. The van der Waals surface area contributed by atoms with Gasteiger partial charge in [0.15, 0.2) is 5.96 Å². The third kappa shape index (κ3) is 21.8. The molecule has 0 radical (unpaired) electrons. The Hall–Kier alpha value is -1.92. The second-order valence-electron chi connectivity index (χ2n) is 8.01. The van der Waals surface area contributed by atoms with Gasteiger partial charge in [-0.3, -0.25) is 33.9 Å². The predicted molar refractivity (Wildman–Crippen MR) is 150 cm³/mol. The van der Waals surface area contributed by atoms with E-state index >= 15 is 0 Å². The van der Waals surface area contributed by atoms with Gasteiger partial charge >= 0.3 is 28.3 Å². The van der Waals surface area contributed by atoms with E-state index in [1.165, 1.54) is 0 Å². The van der Waals surface area contributed by atoms with Gasteiger partial charge in [0, 0.05) is 19.5 Å². The van der Waals surface area contributed by atoms with Gasteiger partial charge in [-0.25, -0.2) is 0 Å². The molecule has 0 aromatic rings. The summed E-state index contributed by atoms with van der Waals surface area (Å²) < 4.78 is 8.22. The molecule has 0 saturated heterocycles. The molecule has 0 aromatic heterocycles. The number of aliphatic imine (C=N–C) groups is 1. The summed E-state index contributed by atoms with van der Waals surface area (Å²) in [5.74, 6) is -2.50. The number of carbonyl (C=O) groups excluding carboxylic acids is 4. The quantitative estimate of drug-likeness (QED) is 0.0260. The summed E-state index contributed by atoms with van der Waals surface area (Å²) in [5.41, 5.74) is 10.6. The van der Waals surface area contributed by atoms with Crippen molar-refractivity contribution in [2.45, 2.75) is 37.8 Å². The first-order valence-electron chi connectivity index (χ1n) is 12.1. The standard InChI is InChI=1S/C21H40N8O6S3.O.Tc/c22-21(23)26-4-1-2-14(27-17(31)13-29(7-10-37)8-11-38)19(34)24-5-3-16(30)28-15(12-18(32)33)20(35)25-6-9-36;;/h14-15,36-38H,1-13H2,(H,24,34)(H,25,35)(H,27,31)(H,28,30)(H,32,33)(H4,22,23,26);;/q;;+3/p-3/t14-,15-;;/m0../s1/i;;1+1. The van der Waals surface area contributed by atoms with E-state index in [4.69, 9.17) is 58.0 Å². The minimum absolute atomic E-state index is 0.0197. The van der Waals surface area contributed by atoms with Crippen LogP contribution in [0.2, 0.25) is 0 Å². The molecule has 0 heterocycles. The van der Waals surface area contributed by atoms with Gasteiger partial charge in [-0.15, -0.1) is 0 Å². The van der Waals surface area contributed by atoms with Gasteiger partial charge in [0.2, 0.25) is 23.6 Å². The van der Waals surface area contributed by atoms with E-state index < -0.39 is 48.1 Å². The number of nitrogens with zero attached hydrogens (tertiary/aromatic N) is 2. The molecular formula is C21H37N8O7S3Tc. The van der Waals surface area contributed by atoms with Crippen LogP contribution in [0.1, 0.15) is 25.7 Å². The van der Waals surface area contributed by atoms with Crippen LogP contribution in [0.3, 0.4) is 0 Å². The van der Waals surface area contributed by atoms with Crippen molar-refractivity contribution in [2.24, 2.45) is 16.5 Å². The molecule has 0 aliphatic carbocycles. The summed E-state index contributed by atoms with van der Waals surface area (Å²) in [6.45, 7) is 1.32. The fourth-order valence-electron chi connectivity index (χ4n) is 3.11. The molecule has 0 saturated carbocycles. The van der Waals surface area contributed by atoms with Gasteiger partial charge in [0.05, 0.1) is 13.0 Å². The number of aliphatic carboxylic acids is 1. The molecule has 0 bridgehead atoms. The van der Waals surface area contributed by atoms with Crippen LogP contribution in [-0.4, -0.2) is 114 Å². The third-order valence-corrected chi connectivity index (χ3v) is 5.43. The molecule has 0 unspecified atom stereocenters. The average Bonchev–Trinajstić information content (AvgIpc) is 2.89. The van der Waals surface area contributed by atoms with Gasteiger partial charge in [-0.05, 0) is 32.5 Å². The molecule has 0 aromatic carbocycles. The molecule has 19 heteroatoms. The van der Waals surface area contributed by atoms with Gasteiger partial charge in [0.1, 0.15) is 12.1 Å². The van der Waals surface area contributed by atoms with Crippen molar-refractivity contribution in [3.63, 3.8) is 0 Å². The van der Waals surface area contributed by atoms with Crippen LogP contribution in [0.5, 0.6) is 0 Å². The first kappa shape index (κ1) is 40.2. The summed E-state index contributed by atoms with van der Waals surface area (Å²) in [4.78, 5) is 66.4. The van der Waals surface area contributed by atoms with Crippen LogP contribution in [0.4, 0.5) is 0 Å². The van der Waals surface area contributed by atoms with E-state index in [0.29, 0.717) is 31.0 Å². The Morgan fingerprint density at radius 1 is 0.850 bits per heavy atom. The van der Waals surface area contributed by atoms with Crippen molar-refractivity contribution in [1.29, 1.82) is 0 Å². The molecule has 0 spiro atoms. The molecule has 40 heavy (non-hydrogen) atoms. The van der Waals surface area contributed by atoms with Crippen LogP contribution in [0.25, 0.3) is 0 Å². The van der Waals surface area contributed by atoms with Crippen molar-refractivity contribution in [3.05, 3.63) is 0 Å².